The van der Waals surface area contributed by atoms with Crippen LogP contribution in [0.25, 0.3) is 6.08 Å². The largest absolute Gasteiger partial charge is 0.462 e. The van der Waals surface area contributed by atoms with E-state index in [1.54, 1.807) is 36.9 Å². The van der Waals surface area contributed by atoms with Gasteiger partial charge in [-0.3, -0.25) is 9.59 Å². The van der Waals surface area contributed by atoms with Gasteiger partial charge < -0.3 is 15.0 Å². The number of thiophene rings is 1. The van der Waals surface area contributed by atoms with Crippen LogP contribution in [0.2, 0.25) is 10.0 Å². The van der Waals surface area contributed by atoms with Crippen LogP contribution in [-0.4, -0.2) is 42.4 Å². The van der Waals surface area contributed by atoms with Crippen LogP contribution in [0.3, 0.4) is 0 Å². The first-order chi connectivity index (χ1) is 14.7. The second-order valence-electron chi connectivity index (χ2n) is 6.42. The average Bonchev–Trinajstić information content (AvgIpc) is 3.04. The molecule has 1 N–H and O–H groups in total. The Bertz CT molecular complexity index is 993. The number of nitrogens with zero attached hydrogens (tertiary/aromatic N) is 1. The minimum absolute atomic E-state index is 0.172. The lowest BCUT2D eigenvalue weighted by atomic mass is 10.1. The van der Waals surface area contributed by atoms with Gasteiger partial charge in [-0.25, -0.2) is 4.79 Å². The first-order valence-electron chi connectivity index (χ1n) is 9.77. The Hall–Kier alpha value is -2.35. The molecule has 1 aromatic heterocycles. The highest BCUT2D eigenvalue weighted by Crippen LogP contribution is 2.35. The Morgan fingerprint density at radius 2 is 1.74 bits per heavy atom. The molecule has 2 amide bonds. The maximum absolute atomic E-state index is 12.9. The van der Waals surface area contributed by atoms with E-state index in [2.05, 4.69) is 5.32 Å². The van der Waals surface area contributed by atoms with Crippen molar-refractivity contribution in [1.29, 1.82) is 0 Å². The first-order valence-corrected chi connectivity index (χ1v) is 11.3. The Morgan fingerprint density at radius 1 is 1.13 bits per heavy atom. The molecule has 0 aliphatic carbocycles. The quantitative estimate of drug-likeness (QED) is 0.388. The first kappa shape index (κ1) is 24.9. The van der Waals surface area contributed by atoms with E-state index in [0.29, 0.717) is 39.1 Å². The van der Waals surface area contributed by atoms with Crippen LogP contribution < -0.4 is 5.32 Å². The number of benzene rings is 1. The van der Waals surface area contributed by atoms with Crippen LogP contribution in [0.15, 0.2) is 24.3 Å². The molecule has 2 aromatic rings. The van der Waals surface area contributed by atoms with Crippen LogP contribution in [-0.2, 0) is 9.53 Å². The highest BCUT2D eigenvalue weighted by atomic mass is 35.5. The standard InChI is InChI=1S/C22H24Cl2N2O4S/c1-5-26(6-2)21(28)19-13(4)18(22(29)30-7-3)20(31-19)25-17(27)12-11-14-15(23)9-8-10-16(14)24/h8-12H,5-7H2,1-4H3,(H,25,27)/b12-11+. The van der Waals surface area contributed by atoms with Crippen molar-refractivity contribution < 1.29 is 19.1 Å². The fraction of sp³-hybridized carbons (Fsp3) is 0.318. The van der Waals surface area contributed by atoms with Gasteiger partial charge in [0.1, 0.15) is 5.00 Å². The average molecular weight is 483 g/mol. The summed E-state index contributed by atoms with van der Waals surface area (Å²) in [4.78, 5) is 40.0. The Kier molecular flexibility index (Phi) is 9.10. The van der Waals surface area contributed by atoms with Gasteiger partial charge in [-0.05, 0) is 51.5 Å². The van der Waals surface area contributed by atoms with Crippen LogP contribution in [0.5, 0.6) is 0 Å². The summed E-state index contributed by atoms with van der Waals surface area (Å²) in [7, 11) is 0. The van der Waals surface area contributed by atoms with E-state index in [1.165, 1.54) is 12.2 Å². The van der Waals surface area contributed by atoms with Gasteiger partial charge in [-0.1, -0.05) is 29.3 Å². The van der Waals surface area contributed by atoms with Crippen molar-refractivity contribution in [1.82, 2.24) is 4.90 Å². The summed E-state index contributed by atoms with van der Waals surface area (Å²) in [5.41, 5.74) is 1.17. The molecule has 31 heavy (non-hydrogen) atoms. The molecule has 1 aromatic carbocycles. The van der Waals surface area contributed by atoms with E-state index < -0.39 is 11.9 Å². The number of hydrogen-bond acceptors (Lipinski definition) is 5. The van der Waals surface area contributed by atoms with Crippen molar-refractivity contribution in [2.75, 3.05) is 25.0 Å². The van der Waals surface area contributed by atoms with Crippen molar-refractivity contribution in [3.05, 3.63) is 55.9 Å². The third-order valence-electron chi connectivity index (χ3n) is 4.51. The van der Waals surface area contributed by atoms with Crippen LogP contribution in [0.1, 0.15) is 51.9 Å². The molecule has 0 radical (unpaired) electrons. The van der Waals surface area contributed by atoms with E-state index in [0.717, 1.165) is 11.3 Å². The molecule has 2 rings (SSSR count). The fourth-order valence-corrected chi connectivity index (χ4v) is 4.58. The normalized spacial score (nSPS) is 10.9. The molecule has 0 fully saturated rings. The van der Waals surface area contributed by atoms with Crippen LogP contribution >= 0.6 is 34.5 Å². The maximum Gasteiger partial charge on any atom is 0.341 e. The van der Waals surface area contributed by atoms with Crippen LogP contribution in [0, 0.1) is 6.92 Å². The monoisotopic (exact) mass is 482 g/mol. The lowest BCUT2D eigenvalue weighted by molar-refractivity contribution is -0.111. The summed E-state index contributed by atoms with van der Waals surface area (Å²) in [5, 5.41) is 3.75. The van der Waals surface area contributed by atoms with Crippen molar-refractivity contribution in [2.24, 2.45) is 0 Å². The van der Waals surface area contributed by atoms with Gasteiger partial charge in [-0.15, -0.1) is 11.3 Å². The number of anilines is 1. The molecule has 1 heterocycles. The Labute approximate surface area is 195 Å². The fourth-order valence-electron chi connectivity index (χ4n) is 2.89. The van der Waals surface area contributed by atoms with Gasteiger partial charge >= 0.3 is 5.97 Å². The number of hydrogen-bond donors (Lipinski definition) is 1. The van der Waals surface area contributed by atoms with Gasteiger partial charge in [-0.2, -0.15) is 0 Å². The zero-order valence-corrected chi connectivity index (χ0v) is 20.1. The number of carbonyl (C=O) groups is 3. The SMILES string of the molecule is CCOC(=O)c1c(NC(=O)/C=C/c2c(Cl)cccc2Cl)sc(C(=O)N(CC)CC)c1C. The maximum atomic E-state index is 12.9. The number of ether oxygens (including phenoxy) is 1. The lowest BCUT2D eigenvalue weighted by Gasteiger charge is -2.18. The number of rotatable bonds is 8. The van der Waals surface area contributed by atoms with Crippen LogP contribution in [0.4, 0.5) is 5.00 Å². The number of amides is 2. The molecule has 0 atom stereocenters. The summed E-state index contributed by atoms with van der Waals surface area (Å²) in [6.07, 6.45) is 2.76. The Balaban J connectivity index is 2.38. The molecule has 0 unspecified atom stereocenters. The predicted molar refractivity (Wildman–Crippen MR) is 126 cm³/mol. The van der Waals surface area contributed by atoms with E-state index in [-0.39, 0.29) is 23.1 Å². The number of carbonyl (C=O) groups excluding carboxylic acids is 3. The Morgan fingerprint density at radius 3 is 2.29 bits per heavy atom. The molecule has 0 aliphatic heterocycles. The molecule has 6 nitrogen and oxygen atoms in total. The third kappa shape index (κ3) is 5.87. The lowest BCUT2D eigenvalue weighted by Crippen LogP contribution is -2.30. The van der Waals surface area contributed by atoms with Crippen molar-refractivity contribution in [3.8, 4) is 0 Å². The number of halogens is 2. The van der Waals surface area contributed by atoms with Gasteiger partial charge in [0.25, 0.3) is 5.91 Å². The zero-order valence-electron chi connectivity index (χ0n) is 17.8. The van der Waals surface area contributed by atoms with Gasteiger partial charge in [0.15, 0.2) is 0 Å². The van der Waals surface area contributed by atoms with Crippen molar-refractivity contribution in [2.45, 2.75) is 27.7 Å². The molecular formula is C22H24Cl2N2O4S. The minimum Gasteiger partial charge on any atom is -0.462 e. The van der Waals surface area contributed by atoms with E-state index in [9.17, 15) is 14.4 Å². The highest BCUT2D eigenvalue weighted by Gasteiger charge is 2.28. The molecule has 0 bridgehead atoms. The second kappa shape index (κ2) is 11.3. The smallest absolute Gasteiger partial charge is 0.341 e. The topological polar surface area (TPSA) is 75.7 Å². The molecular weight excluding hydrogens is 459 g/mol. The third-order valence-corrected chi connectivity index (χ3v) is 6.36. The predicted octanol–water partition coefficient (Wildman–Crippen LogP) is 5.67. The summed E-state index contributed by atoms with van der Waals surface area (Å²) >= 11 is 13.3. The summed E-state index contributed by atoms with van der Waals surface area (Å²) in [5.74, 6) is -1.29. The highest BCUT2D eigenvalue weighted by molar-refractivity contribution is 7.18. The summed E-state index contributed by atoms with van der Waals surface area (Å²) in [6.45, 7) is 8.36. The van der Waals surface area contributed by atoms with Gasteiger partial charge in [0.2, 0.25) is 5.91 Å². The zero-order chi connectivity index (χ0) is 23.1. The van der Waals surface area contributed by atoms with E-state index >= 15 is 0 Å². The molecule has 0 aliphatic rings. The molecule has 0 spiro atoms. The van der Waals surface area contributed by atoms with Gasteiger partial charge in [0, 0.05) is 34.8 Å². The molecule has 166 valence electrons. The number of nitrogens with one attached hydrogen (secondary N) is 1. The second-order valence-corrected chi connectivity index (χ2v) is 8.25. The van der Waals surface area contributed by atoms with E-state index in [4.69, 9.17) is 27.9 Å². The molecule has 0 saturated carbocycles. The minimum atomic E-state index is -0.594. The van der Waals surface area contributed by atoms with Gasteiger partial charge in [0.05, 0.1) is 17.0 Å². The number of esters is 1. The van der Waals surface area contributed by atoms with Crippen molar-refractivity contribution in [3.63, 3.8) is 0 Å². The molecule has 9 heteroatoms. The van der Waals surface area contributed by atoms with Crippen molar-refractivity contribution >= 4 is 63.4 Å². The summed E-state index contributed by atoms with van der Waals surface area (Å²) < 4.78 is 5.14. The van der Waals surface area contributed by atoms with E-state index in [1.807, 2.05) is 13.8 Å². The summed E-state index contributed by atoms with van der Waals surface area (Å²) in [6, 6.07) is 5.03. The molecule has 0 saturated heterocycles.